The predicted octanol–water partition coefficient (Wildman–Crippen LogP) is 3.17. The number of hydrogen-bond donors (Lipinski definition) is 2. The van der Waals surface area contributed by atoms with Gasteiger partial charge in [0.05, 0.1) is 11.3 Å². The van der Waals surface area contributed by atoms with Gasteiger partial charge in [0.15, 0.2) is 0 Å². The van der Waals surface area contributed by atoms with Crippen LogP contribution in [-0.2, 0) is 0 Å². The van der Waals surface area contributed by atoms with Gasteiger partial charge in [-0.05, 0) is 63.7 Å². The van der Waals surface area contributed by atoms with Crippen molar-refractivity contribution in [2.24, 2.45) is 5.92 Å². The minimum Gasteiger partial charge on any atom is -0.352 e. The number of aromatic nitrogens is 1. The smallest absolute Gasteiger partial charge is 0.253 e. The van der Waals surface area contributed by atoms with Crippen LogP contribution in [0.4, 0.5) is 0 Å². The Labute approximate surface area is 139 Å². The Morgan fingerprint density at radius 1 is 1.17 bits per heavy atom. The lowest BCUT2D eigenvalue weighted by molar-refractivity contribution is 0.0941. The number of carbonyl (C=O) groups excluding carboxylic acids is 1. The first kappa shape index (κ1) is 16.4. The van der Waals surface area contributed by atoms with E-state index in [1.54, 1.807) is 0 Å². The maximum atomic E-state index is 12.7. The van der Waals surface area contributed by atoms with Crippen molar-refractivity contribution in [3.63, 3.8) is 0 Å². The van der Waals surface area contributed by atoms with Gasteiger partial charge in [0.25, 0.3) is 5.91 Å². The molecule has 0 aromatic carbocycles. The van der Waals surface area contributed by atoms with Crippen LogP contribution in [0.25, 0.3) is 0 Å². The molecule has 2 fully saturated rings. The van der Waals surface area contributed by atoms with Crippen LogP contribution in [0.3, 0.4) is 0 Å². The standard InChI is InChI=1S/C19H29N3O/c1-14-7-8-17(18(22-14)16-9-11-20-12-10-16)19(23)21-13-15-5-3-2-4-6-15/h7-8,15-16,20H,2-6,9-13H2,1H3,(H,21,23). The van der Waals surface area contributed by atoms with E-state index < -0.39 is 0 Å². The Hall–Kier alpha value is -1.42. The van der Waals surface area contributed by atoms with Crippen molar-refractivity contribution < 1.29 is 4.79 Å². The van der Waals surface area contributed by atoms with Crippen molar-refractivity contribution in [1.82, 2.24) is 15.6 Å². The summed E-state index contributed by atoms with van der Waals surface area (Å²) < 4.78 is 0. The number of carbonyl (C=O) groups is 1. The van der Waals surface area contributed by atoms with Gasteiger partial charge in [-0.1, -0.05) is 19.3 Å². The molecule has 1 saturated heterocycles. The highest BCUT2D eigenvalue weighted by Crippen LogP contribution is 2.27. The van der Waals surface area contributed by atoms with E-state index >= 15 is 0 Å². The van der Waals surface area contributed by atoms with Crippen LogP contribution >= 0.6 is 0 Å². The molecule has 2 N–H and O–H groups in total. The molecule has 4 heteroatoms. The summed E-state index contributed by atoms with van der Waals surface area (Å²) in [4.78, 5) is 17.4. The Balaban J connectivity index is 1.68. The van der Waals surface area contributed by atoms with Crippen LogP contribution in [0.2, 0.25) is 0 Å². The molecule has 0 spiro atoms. The number of hydrogen-bond acceptors (Lipinski definition) is 3. The van der Waals surface area contributed by atoms with Gasteiger partial charge >= 0.3 is 0 Å². The van der Waals surface area contributed by atoms with E-state index in [2.05, 4.69) is 10.6 Å². The summed E-state index contributed by atoms with van der Waals surface area (Å²) >= 11 is 0. The molecule has 1 aromatic heterocycles. The Kier molecular flexibility index (Phi) is 5.65. The zero-order valence-electron chi connectivity index (χ0n) is 14.2. The van der Waals surface area contributed by atoms with Gasteiger partial charge in [-0.2, -0.15) is 0 Å². The second-order valence-corrected chi connectivity index (χ2v) is 7.12. The van der Waals surface area contributed by atoms with Gasteiger partial charge in [0.1, 0.15) is 0 Å². The fraction of sp³-hybridized carbons (Fsp3) is 0.684. The average molecular weight is 315 g/mol. The largest absolute Gasteiger partial charge is 0.352 e. The molecule has 3 rings (SSSR count). The fourth-order valence-electron chi connectivity index (χ4n) is 3.90. The van der Waals surface area contributed by atoms with E-state index in [0.717, 1.165) is 49.4 Å². The summed E-state index contributed by atoms with van der Waals surface area (Å²) in [6, 6.07) is 3.93. The second kappa shape index (κ2) is 7.91. The molecule has 2 aliphatic rings. The van der Waals surface area contributed by atoms with E-state index in [1.165, 1.54) is 32.1 Å². The normalized spacial score (nSPS) is 20.4. The molecule has 1 aromatic rings. The summed E-state index contributed by atoms with van der Waals surface area (Å²) in [6.07, 6.45) is 8.63. The molecule has 0 unspecified atom stereocenters. The number of pyridine rings is 1. The number of aryl methyl sites for hydroxylation is 1. The molecule has 4 nitrogen and oxygen atoms in total. The monoisotopic (exact) mass is 315 g/mol. The molecule has 1 amide bonds. The van der Waals surface area contributed by atoms with Crippen LogP contribution in [0.1, 0.15) is 72.6 Å². The maximum absolute atomic E-state index is 12.7. The highest BCUT2D eigenvalue weighted by Gasteiger charge is 2.23. The molecule has 0 radical (unpaired) electrons. The molecule has 23 heavy (non-hydrogen) atoms. The maximum Gasteiger partial charge on any atom is 0.253 e. The molecule has 126 valence electrons. The minimum atomic E-state index is 0.0663. The Morgan fingerprint density at radius 2 is 1.91 bits per heavy atom. The van der Waals surface area contributed by atoms with Crippen molar-refractivity contribution in [2.45, 2.75) is 57.8 Å². The van der Waals surface area contributed by atoms with Crippen LogP contribution in [0.5, 0.6) is 0 Å². The lowest BCUT2D eigenvalue weighted by Gasteiger charge is -2.25. The third-order valence-corrected chi connectivity index (χ3v) is 5.31. The van der Waals surface area contributed by atoms with Crippen molar-refractivity contribution in [1.29, 1.82) is 0 Å². The molecule has 1 aliphatic carbocycles. The van der Waals surface area contributed by atoms with Crippen molar-refractivity contribution in [2.75, 3.05) is 19.6 Å². The molecule has 1 aliphatic heterocycles. The lowest BCUT2D eigenvalue weighted by atomic mass is 9.89. The number of piperidine rings is 1. The van der Waals surface area contributed by atoms with E-state index in [9.17, 15) is 4.79 Å². The average Bonchev–Trinajstić information content (AvgIpc) is 2.61. The first-order chi connectivity index (χ1) is 11.2. The fourth-order valence-corrected chi connectivity index (χ4v) is 3.90. The SMILES string of the molecule is Cc1ccc(C(=O)NCC2CCCCC2)c(C2CCNCC2)n1. The number of nitrogens with one attached hydrogen (secondary N) is 2. The first-order valence-corrected chi connectivity index (χ1v) is 9.20. The lowest BCUT2D eigenvalue weighted by Crippen LogP contribution is -2.33. The van der Waals surface area contributed by atoms with Crippen LogP contribution in [0.15, 0.2) is 12.1 Å². The summed E-state index contributed by atoms with van der Waals surface area (Å²) in [5.41, 5.74) is 2.80. The third-order valence-electron chi connectivity index (χ3n) is 5.31. The number of rotatable bonds is 4. The molecular weight excluding hydrogens is 286 g/mol. The number of nitrogens with zero attached hydrogens (tertiary/aromatic N) is 1. The predicted molar refractivity (Wildman–Crippen MR) is 92.7 cm³/mol. The van der Waals surface area contributed by atoms with E-state index in [1.807, 2.05) is 19.1 Å². The quantitative estimate of drug-likeness (QED) is 0.897. The van der Waals surface area contributed by atoms with Crippen molar-refractivity contribution >= 4 is 5.91 Å². The third kappa shape index (κ3) is 4.31. The summed E-state index contributed by atoms with van der Waals surface area (Å²) in [5.74, 6) is 1.14. The molecule has 0 atom stereocenters. The summed E-state index contributed by atoms with van der Waals surface area (Å²) in [6.45, 7) is 4.86. The zero-order chi connectivity index (χ0) is 16.1. The van der Waals surface area contributed by atoms with Crippen LogP contribution < -0.4 is 10.6 Å². The van der Waals surface area contributed by atoms with Gasteiger partial charge in [-0.3, -0.25) is 9.78 Å². The topological polar surface area (TPSA) is 54.0 Å². The van der Waals surface area contributed by atoms with Gasteiger partial charge in [0.2, 0.25) is 0 Å². The second-order valence-electron chi connectivity index (χ2n) is 7.12. The zero-order valence-corrected chi connectivity index (χ0v) is 14.2. The van der Waals surface area contributed by atoms with Crippen molar-refractivity contribution in [3.8, 4) is 0 Å². The van der Waals surface area contributed by atoms with Gasteiger partial charge in [0, 0.05) is 18.2 Å². The van der Waals surface area contributed by atoms with Gasteiger partial charge in [-0.15, -0.1) is 0 Å². The molecule has 0 bridgehead atoms. The summed E-state index contributed by atoms with van der Waals surface area (Å²) in [7, 11) is 0. The highest BCUT2D eigenvalue weighted by molar-refractivity contribution is 5.95. The molecular formula is C19H29N3O. The summed E-state index contributed by atoms with van der Waals surface area (Å²) in [5, 5.41) is 6.56. The highest BCUT2D eigenvalue weighted by atomic mass is 16.1. The molecule has 2 heterocycles. The van der Waals surface area contributed by atoms with Gasteiger partial charge in [-0.25, -0.2) is 0 Å². The van der Waals surface area contributed by atoms with Crippen LogP contribution in [-0.4, -0.2) is 30.5 Å². The van der Waals surface area contributed by atoms with E-state index in [4.69, 9.17) is 4.98 Å². The van der Waals surface area contributed by atoms with Crippen molar-refractivity contribution in [3.05, 3.63) is 29.1 Å². The van der Waals surface area contributed by atoms with E-state index in [0.29, 0.717) is 11.8 Å². The number of amides is 1. The van der Waals surface area contributed by atoms with Crippen LogP contribution in [0, 0.1) is 12.8 Å². The van der Waals surface area contributed by atoms with E-state index in [-0.39, 0.29) is 5.91 Å². The minimum absolute atomic E-state index is 0.0663. The molecule has 1 saturated carbocycles. The Morgan fingerprint density at radius 3 is 2.65 bits per heavy atom. The first-order valence-electron chi connectivity index (χ1n) is 9.20. The Bertz CT molecular complexity index is 531. The van der Waals surface area contributed by atoms with Gasteiger partial charge < -0.3 is 10.6 Å².